The third kappa shape index (κ3) is 4.72. The monoisotopic (exact) mass is 294 g/mol. The summed E-state index contributed by atoms with van der Waals surface area (Å²) in [4.78, 5) is 11.9. The van der Waals surface area contributed by atoms with Crippen molar-refractivity contribution in [3.05, 3.63) is 29.8 Å². The Morgan fingerprint density at radius 1 is 1.35 bits per heavy atom. The topological polar surface area (TPSA) is 72.2 Å². The summed E-state index contributed by atoms with van der Waals surface area (Å²) in [5.74, 6) is 1.11. The fourth-order valence-corrected chi connectivity index (χ4v) is 3.96. The first-order valence-electron chi connectivity index (χ1n) is 7.11. The van der Waals surface area contributed by atoms with E-state index in [0.717, 1.165) is 24.1 Å². The Morgan fingerprint density at radius 2 is 2.10 bits per heavy atom. The third-order valence-electron chi connectivity index (χ3n) is 3.63. The highest BCUT2D eigenvalue weighted by Gasteiger charge is 2.19. The van der Waals surface area contributed by atoms with E-state index in [4.69, 9.17) is 5.73 Å². The molecule has 0 aliphatic heterocycles. The predicted octanol–water partition coefficient (Wildman–Crippen LogP) is 2.02. The van der Waals surface area contributed by atoms with Crippen molar-refractivity contribution in [1.29, 1.82) is 0 Å². The Labute approximate surface area is 122 Å². The molecule has 0 aromatic heterocycles. The minimum Gasteiger partial charge on any atom is -0.326 e. The number of amides is 1. The lowest BCUT2D eigenvalue weighted by atomic mass is 10.1. The van der Waals surface area contributed by atoms with E-state index in [1.54, 1.807) is 0 Å². The zero-order chi connectivity index (χ0) is 14.4. The number of hydrogen-bond donors (Lipinski definition) is 2. The first-order valence-corrected chi connectivity index (χ1v) is 8.60. The molecule has 2 rings (SSSR count). The van der Waals surface area contributed by atoms with Gasteiger partial charge in [0.05, 0.1) is 0 Å². The molecule has 1 atom stereocenters. The van der Waals surface area contributed by atoms with Crippen molar-refractivity contribution in [2.75, 3.05) is 16.8 Å². The molecule has 0 heterocycles. The van der Waals surface area contributed by atoms with Crippen LogP contribution in [0.25, 0.3) is 0 Å². The molecule has 4 nitrogen and oxygen atoms in total. The second-order valence-electron chi connectivity index (χ2n) is 5.35. The lowest BCUT2D eigenvalue weighted by molar-refractivity contribution is -0.113. The van der Waals surface area contributed by atoms with Crippen LogP contribution in [0.5, 0.6) is 0 Å². The lowest BCUT2D eigenvalue weighted by Gasteiger charge is -2.09. The van der Waals surface area contributed by atoms with Gasteiger partial charge in [-0.15, -0.1) is 0 Å². The SMILES string of the molecule is NCc1cccc(NC(=O)CS(=O)CC2CCCC2)c1. The largest absolute Gasteiger partial charge is 0.326 e. The first-order chi connectivity index (χ1) is 9.67. The molecule has 1 amide bonds. The van der Waals surface area contributed by atoms with Crippen molar-refractivity contribution in [3.8, 4) is 0 Å². The Bertz CT molecular complexity index is 485. The van der Waals surface area contributed by atoms with Crippen molar-refractivity contribution in [1.82, 2.24) is 0 Å². The molecule has 0 bridgehead atoms. The van der Waals surface area contributed by atoms with Crippen LogP contribution in [0.2, 0.25) is 0 Å². The fourth-order valence-electron chi connectivity index (χ4n) is 2.62. The number of hydrogen-bond acceptors (Lipinski definition) is 3. The van der Waals surface area contributed by atoms with Crippen LogP contribution in [0.4, 0.5) is 5.69 Å². The van der Waals surface area contributed by atoms with Gasteiger partial charge in [0.25, 0.3) is 0 Å². The van der Waals surface area contributed by atoms with Gasteiger partial charge in [-0.05, 0) is 36.5 Å². The molecule has 20 heavy (non-hydrogen) atoms. The Balaban J connectivity index is 1.80. The smallest absolute Gasteiger partial charge is 0.236 e. The fraction of sp³-hybridized carbons (Fsp3) is 0.533. The zero-order valence-electron chi connectivity index (χ0n) is 11.6. The molecule has 1 aromatic carbocycles. The highest BCUT2D eigenvalue weighted by Crippen LogP contribution is 2.25. The van der Waals surface area contributed by atoms with Gasteiger partial charge in [0.15, 0.2) is 0 Å². The normalized spacial score (nSPS) is 17.1. The molecule has 1 unspecified atom stereocenters. The van der Waals surface area contributed by atoms with Gasteiger partial charge >= 0.3 is 0 Å². The van der Waals surface area contributed by atoms with Crippen LogP contribution in [0.3, 0.4) is 0 Å². The molecule has 3 N–H and O–H groups in total. The summed E-state index contributed by atoms with van der Waals surface area (Å²) in [6, 6.07) is 7.43. The van der Waals surface area contributed by atoms with Crippen molar-refractivity contribution < 1.29 is 9.00 Å². The molecule has 0 spiro atoms. The van der Waals surface area contributed by atoms with Crippen LogP contribution in [0.15, 0.2) is 24.3 Å². The average Bonchev–Trinajstić information content (AvgIpc) is 2.91. The number of anilines is 1. The van der Waals surface area contributed by atoms with Crippen molar-refractivity contribution in [2.45, 2.75) is 32.2 Å². The van der Waals surface area contributed by atoms with E-state index < -0.39 is 10.8 Å². The van der Waals surface area contributed by atoms with E-state index in [-0.39, 0.29) is 11.7 Å². The summed E-state index contributed by atoms with van der Waals surface area (Å²) >= 11 is 0. The number of nitrogens with two attached hydrogens (primary N) is 1. The molecule has 0 radical (unpaired) electrons. The van der Waals surface area contributed by atoms with Crippen LogP contribution in [0, 0.1) is 5.92 Å². The van der Waals surface area contributed by atoms with E-state index >= 15 is 0 Å². The molecule has 1 aromatic rings. The van der Waals surface area contributed by atoms with Gasteiger partial charge in [-0.2, -0.15) is 0 Å². The lowest BCUT2D eigenvalue weighted by Crippen LogP contribution is -2.22. The molecular formula is C15H22N2O2S. The molecule has 1 aliphatic rings. The standard InChI is InChI=1S/C15H22N2O2S/c16-9-13-6-3-7-14(8-13)17-15(18)11-20(19)10-12-4-1-2-5-12/h3,6-8,12H,1-2,4-5,9-11,16H2,(H,17,18). The number of nitrogens with one attached hydrogen (secondary N) is 1. The minimum atomic E-state index is -1.06. The minimum absolute atomic E-state index is 0.0867. The molecule has 1 aliphatic carbocycles. The molecule has 1 saturated carbocycles. The van der Waals surface area contributed by atoms with Gasteiger partial charge in [0, 0.05) is 28.8 Å². The summed E-state index contributed by atoms with van der Waals surface area (Å²) in [6.45, 7) is 0.442. The summed E-state index contributed by atoms with van der Waals surface area (Å²) < 4.78 is 12.0. The van der Waals surface area contributed by atoms with Gasteiger partial charge in [-0.3, -0.25) is 9.00 Å². The second-order valence-corrected chi connectivity index (χ2v) is 6.86. The zero-order valence-corrected chi connectivity index (χ0v) is 12.5. The van der Waals surface area contributed by atoms with E-state index in [9.17, 15) is 9.00 Å². The van der Waals surface area contributed by atoms with Gasteiger partial charge in [0.1, 0.15) is 5.75 Å². The number of rotatable bonds is 6. The van der Waals surface area contributed by atoms with Crippen LogP contribution >= 0.6 is 0 Å². The van der Waals surface area contributed by atoms with Crippen molar-refractivity contribution in [2.24, 2.45) is 11.7 Å². The maximum absolute atomic E-state index is 12.0. The van der Waals surface area contributed by atoms with E-state index in [1.165, 1.54) is 12.8 Å². The van der Waals surface area contributed by atoms with Crippen molar-refractivity contribution >= 4 is 22.4 Å². The molecule has 5 heteroatoms. The Hall–Kier alpha value is -1.20. The maximum Gasteiger partial charge on any atom is 0.236 e. The maximum atomic E-state index is 12.0. The number of carbonyl (C=O) groups is 1. The molecule has 0 saturated heterocycles. The highest BCUT2D eigenvalue weighted by molar-refractivity contribution is 7.85. The third-order valence-corrected chi connectivity index (χ3v) is 5.06. The number of carbonyl (C=O) groups excluding carboxylic acids is 1. The van der Waals surface area contributed by atoms with E-state index in [2.05, 4.69) is 5.32 Å². The quantitative estimate of drug-likeness (QED) is 0.843. The Kier molecular flexibility index (Phi) is 5.73. The summed E-state index contributed by atoms with van der Waals surface area (Å²) in [7, 11) is -1.06. The van der Waals surface area contributed by atoms with E-state index in [1.807, 2.05) is 24.3 Å². The van der Waals surface area contributed by atoms with Gasteiger partial charge in [0.2, 0.25) is 5.91 Å². The highest BCUT2D eigenvalue weighted by atomic mass is 32.2. The van der Waals surface area contributed by atoms with Gasteiger partial charge in [-0.1, -0.05) is 25.0 Å². The predicted molar refractivity (Wildman–Crippen MR) is 82.8 cm³/mol. The molecule has 110 valence electrons. The summed E-state index contributed by atoms with van der Waals surface area (Å²) in [6.07, 6.45) is 4.79. The first kappa shape index (κ1) is 15.2. The van der Waals surface area contributed by atoms with Crippen molar-refractivity contribution in [3.63, 3.8) is 0 Å². The van der Waals surface area contributed by atoms with Crippen LogP contribution < -0.4 is 11.1 Å². The van der Waals surface area contributed by atoms with Crippen LogP contribution in [-0.2, 0) is 22.1 Å². The van der Waals surface area contributed by atoms with Crippen LogP contribution in [0.1, 0.15) is 31.2 Å². The molecular weight excluding hydrogens is 272 g/mol. The van der Waals surface area contributed by atoms with Crippen LogP contribution in [-0.4, -0.2) is 21.6 Å². The van der Waals surface area contributed by atoms with Gasteiger partial charge < -0.3 is 11.1 Å². The average molecular weight is 294 g/mol. The molecule has 1 fully saturated rings. The van der Waals surface area contributed by atoms with E-state index in [0.29, 0.717) is 18.2 Å². The van der Waals surface area contributed by atoms with Gasteiger partial charge in [-0.25, -0.2) is 0 Å². The Morgan fingerprint density at radius 3 is 2.80 bits per heavy atom. The summed E-state index contributed by atoms with van der Waals surface area (Å²) in [5, 5.41) is 2.78. The second kappa shape index (κ2) is 7.55. The number of benzene rings is 1. The summed E-state index contributed by atoms with van der Waals surface area (Å²) in [5.41, 5.74) is 7.25.